The number of hydrogen-bond donors (Lipinski definition) is 0. The highest BCUT2D eigenvalue weighted by molar-refractivity contribution is 5.60. The van der Waals surface area contributed by atoms with Crippen LogP contribution < -0.4 is 0 Å². The number of benzene rings is 2. The molecule has 9 nitrogen and oxygen atoms in total. The van der Waals surface area contributed by atoms with Gasteiger partial charge in [-0.1, -0.05) is 0 Å². The summed E-state index contributed by atoms with van der Waals surface area (Å²) < 4.78 is 1.64. The average molecular weight is 311 g/mol. The minimum atomic E-state index is -0.481. The van der Waals surface area contributed by atoms with Crippen LogP contribution >= 0.6 is 0 Å². The number of rotatable bonds is 4. The van der Waals surface area contributed by atoms with Gasteiger partial charge in [-0.2, -0.15) is 0 Å². The fourth-order valence-corrected chi connectivity index (χ4v) is 2.09. The highest BCUT2D eigenvalue weighted by Crippen LogP contribution is 2.24. The second-order valence-corrected chi connectivity index (χ2v) is 4.60. The third-order valence-electron chi connectivity index (χ3n) is 3.22. The number of nitro groups is 2. The fraction of sp³-hybridized carbons (Fsp3) is 0. The number of aromatic nitrogens is 3. The summed E-state index contributed by atoms with van der Waals surface area (Å²) in [5.74, 6) is 0.480. The highest BCUT2D eigenvalue weighted by Gasteiger charge is 2.12. The minimum Gasteiger partial charge on any atom is -0.282 e. The quantitative estimate of drug-likeness (QED) is 0.540. The van der Waals surface area contributed by atoms with E-state index in [-0.39, 0.29) is 11.4 Å². The van der Waals surface area contributed by atoms with E-state index in [0.717, 1.165) is 0 Å². The lowest BCUT2D eigenvalue weighted by molar-refractivity contribution is -0.385. The van der Waals surface area contributed by atoms with Gasteiger partial charge in [0.05, 0.1) is 9.85 Å². The molecule has 0 amide bonds. The van der Waals surface area contributed by atoms with Gasteiger partial charge in [0.2, 0.25) is 0 Å². The highest BCUT2D eigenvalue weighted by atomic mass is 16.6. The predicted molar refractivity (Wildman–Crippen MR) is 80.1 cm³/mol. The molecule has 0 saturated carbocycles. The second-order valence-electron chi connectivity index (χ2n) is 4.60. The molecular formula is C14H9N5O4. The van der Waals surface area contributed by atoms with E-state index in [2.05, 4.69) is 10.2 Å². The standard InChI is InChI=1S/C14H9N5O4/c20-18(21)12-3-1-10(2-4-12)14-16-15-9-17(14)11-5-7-13(8-6-11)19(22)23/h1-9H. The molecule has 0 aliphatic heterocycles. The summed E-state index contributed by atoms with van der Waals surface area (Å²) in [5.41, 5.74) is 1.26. The number of nitro benzene ring substituents is 2. The molecule has 0 saturated heterocycles. The molecule has 9 heteroatoms. The number of nitrogens with zero attached hydrogens (tertiary/aromatic N) is 5. The smallest absolute Gasteiger partial charge is 0.269 e. The maximum atomic E-state index is 10.7. The van der Waals surface area contributed by atoms with Crippen LogP contribution in [-0.2, 0) is 0 Å². The molecule has 0 spiro atoms. The predicted octanol–water partition coefficient (Wildman–Crippen LogP) is 2.75. The van der Waals surface area contributed by atoms with E-state index in [9.17, 15) is 20.2 Å². The molecule has 0 aliphatic carbocycles. The van der Waals surface area contributed by atoms with Gasteiger partial charge in [0.25, 0.3) is 11.4 Å². The summed E-state index contributed by atoms with van der Waals surface area (Å²) in [6.45, 7) is 0. The normalized spacial score (nSPS) is 10.4. The zero-order chi connectivity index (χ0) is 16.4. The molecule has 0 N–H and O–H groups in total. The van der Waals surface area contributed by atoms with Crippen molar-refractivity contribution in [3.8, 4) is 17.1 Å². The van der Waals surface area contributed by atoms with Crippen molar-refractivity contribution in [1.29, 1.82) is 0 Å². The van der Waals surface area contributed by atoms with Crippen LogP contribution in [0.4, 0.5) is 11.4 Å². The van der Waals surface area contributed by atoms with Crippen molar-refractivity contribution in [2.24, 2.45) is 0 Å². The first kappa shape index (κ1) is 14.3. The first-order valence-electron chi connectivity index (χ1n) is 6.46. The summed E-state index contributed by atoms with van der Waals surface area (Å²) >= 11 is 0. The van der Waals surface area contributed by atoms with Gasteiger partial charge < -0.3 is 0 Å². The molecule has 23 heavy (non-hydrogen) atoms. The van der Waals surface area contributed by atoms with Gasteiger partial charge >= 0.3 is 0 Å². The van der Waals surface area contributed by atoms with Crippen LogP contribution in [0.1, 0.15) is 0 Å². The zero-order valence-corrected chi connectivity index (χ0v) is 11.6. The van der Waals surface area contributed by atoms with Gasteiger partial charge in [0.1, 0.15) is 6.33 Å². The Kier molecular flexibility index (Phi) is 3.51. The molecule has 0 fully saturated rings. The molecule has 1 aromatic heterocycles. The van der Waals surface area contributed by atoms with Gasteiger partial charge in [-0.25, -0.2) is 0 Å². The van der Waals surface area contributed by atoms with Crippen LogP contribution in [0.5, 0.6) is 0 Å². The Morgan fingerprint density at radius 2 is 1.35 bits per heavy atom. The molecule has 0 atom stereocenters. The van der Waals surface area contributed by atoms with E-state index in [1.165, 1.54) is 30.6 Å². The van der Waals surface area contributed by atoms with Crippen molar-refractivity contribution >= 4 is 11.4 Å². The van der Waals surface area contributed by atoms with Crippen molar-refractivity contribution < 1.29 is 9.85 Å². The largest absolute Gasteiger partial charge is 0.282 e. The number of hydrogen-bond acceptors (Lipinski definition) is 6. The molecule has 3 rings (SSSR count). The van der Waals surface area contributed by atoms with Crippen LogP contribution in [0.15, 0.2) is 54.9 Å². The summed E-state index contributed by atoms with van der Waals surface area (Å²) in [6.07, 6.45) is 1.47. The van der Waals surface area contributed by atoms with Crippen molar-refractivity contribution in [1.82, 2.24) is 14.8 Å². The van der Waals surface area contributed by atoms with Crippen LogP contribution in [-0.4, -0.2) is 24.6 Å². The Labute approximate surface area is 129 Å². The maximum Gasteiger partial charge on any atom is 0.269 e. The van der Waals surface area contributed by atoms with E-state index >= 15 is 0 Å². The Balaban J connectivity index is 1.98. The van der Waals surface area contributed by atoms with Gasteiger partial charge in [-0.05, 0) is 24.3 Å². The van der Waals surface area contributed by atoms with E-state index in [1.54, 1.807) is 28.8 Å². The van der Waals surface area contributed by atoms with Crippen LogP contribution in [0.2, 0.25) is 0 Å². The molecule has 114 valence electrons. The molecule has 0 radical (unpaired) electrons. The Morgan fingerprint density at radius 3 is 1.87 bits per heavy atom. The first-order valence-corrected chi connectivity index (χ1v) is 6.46. The topological polar surface area (TPSA) is 117 Å². The van der Waals surface area contributed by atoms with E-state index < -0.39 is 9.85 Å². The van der Waals surface area contributed by atoms with Crippen molar-refractivity contribution in [2.75, 3.05) is 0 Å². The molecule has 0 unspecified atom stereocenters. The van der Waals surface area contributed by atoms with Crippen LogP contribution in [0.3, 0.4) is 0 Å². The molecule has 2 aromatic carbocycles. The van der Waals surface area contributed by atoms with Crippen LogP contribution in [0, 0.1) is 20.2 Å². The van der Waals surface area contributed by atoms with Gasteiger partial charge in [0.15, 0.2) is 5.82 Å². The summed E-state index contributed by atoms with van der Waals surface area (Å²) in [6, 6.07) is 11.8. The van der Waals surface area contributed by atoms with Crippen molar-refractivity contribution in [3.63, 3.8) is 0 Å². The summed E-state index contributed by atoms with van der Waals surface area (Å²) in [5, 5.41) is 29.2. The zero-order valence-electron chi connectivity index (χ0n) is 11.6. The van der Waals surface area contributed by atoms with Gasteiger partial charge in [-0.3, -0.25) is 24.8 Å². The van der Waals surface area contributed by atoms with Crippen molar-refractivity contribution in [3.05, 3.63) is 75.1 Å². The molecule has 3 aromatic rings. The van der Waals surface area contributed by atoms with Gasteiger partial charge in [-0.15, -0.1) is 10.2 Å². The van der Waals surface area contributed by atoms with Crippen molar-refractivity contribution in [2.45, 2.75) is 0 Å². The third-order valence-corrected chi connectivity index (χ3v) is 3.22. The second kappa shape index (κ2) is 5.64. The Hall–Kier alpha value is -3.62. The fourth-order valence-electron chi connectivity index (χ4n) is 2.09. The summed E-state index contributed by atoms with van der Waals surface area (Å²) in [7, 11) is 0. The SMILES string of the molecule is O=[N+]([O-])c1ccc(-c2nncn2-c2ccc([N+](=O)[O-])cc2)cc1. The minimum absolute atomic E-state index is 0.0151. The summed E-state index contributed by atoms with van der Waals surface area (Å²) in [4.78, 5) is 20.4. The number of non-ortho nitro benzene ring substituents is 2. The van der Waals surface area contributed by atoms with Gasteiger partial charge in [0, 0.05) is 35.5 Å². The molecule has 0 aliphatic rings. The monoisotopic (exact) mass is 311 g/mol. The lowest BCUT2D eigenvalue weighted by Crippen LogP contribution is -1.97. The molecular weight excluding hydrogens is 302 g/mol. The van der Waals surface area contributed by atoms with E-state index in [0.29, 0.717) is 17.1 Å². The molecule has 1 heterocycles. The Bertz CT molecular complexity index is 799. The lowest BCUT2D eigenvalue weighted by Gasteiger charge is -2.06. The van der Waals surface area contributed by atoms with Crippen LogP contribution in [0.25, 0.3) is 17.1 Å². The average Bonchev–Trinajstić information content (AvgIpc) is 3.04. The van der Waals surface area contributed by atoms with E-state index in [4.69, 9.17) is 0 Å². The Morgan fingerprint density at radius 1 is 0.826 bits per heavy atom. The third kappa shape index (κ3) is 2.75. The maximum absolute atomic E-state index is 10.7. The van der Waals surface area contributed by atoms with E-state index in [1.807, 2.05) is 0 Å². The first-order chi connectivity index (χ1) is 11.1. The molecule has 0 bridgehead atoms. The lowest BCUT2D eigenvalue weighted by atomic mass is 10.2.